The Hall–Kier alpha value is -4.22. The molecule has 1 aliphatic carbocycles. The summed E-state index contributed by atoms with van der Waals surface area (Å²) in [4.78, 5) is 34.2. The van der Waals surface area contributed by atoms with Gasteiger partial charge in [0.15, 0.2) is 5.82 Å². The minimum Gasteiger partial charge on any atom is -0.322 e. The first-order valence-electron chi connectivity index (χ1n) is 14.9. The molecule has 2 aromatic heterocycles. The summed E-state index contributed by atoms with van der Waals surface area (Å²) in [7, 11) is 0. The molecule has 3 heterocycles. The van der Waals surface area contributed by atoms with Gasteiger partial charge >= 0.3 is 6.18 Å². The number of rotatable bonds is 8. The van der Waals surface area contributed by atoms with Crippen LogP contribution in [0.4, 0.5) is 24.7 Å². The summed E-state index contributed by atoms with van der Waals surface area (Å²) in [6.07, 6.45) is 0.870. The highest BCUT2D eigenvalue weighted by atomic mass is 19.4. The maximum atomic E-state index is 14.1. The van der Waals surface area contributed by atoms with Gasteiger partial charge in [-0.25, -0.2) is 4.98 Å². The summed E-state index contributed by atoms with van der Waals surface area (Å²) >= 11 is 0. The maximum Gasteiger partial charge on any atom is 0.416 e. The van der Waals surface area contributed by atoms with E-state index in [1.807, 2.05) is 40.6 Å². The second-order valence-corrected chi connectivity index (χ2v) is 11.6. The number of carbonyl (C=O) groups is 2. The molecule has 2 aromatic carbocycles. The number of halogens is 3. The van der Waals surface area contributed by atoms with Gasteiger partial charge in [0.05, 0.1) is 11.8 Å². The van der Waals surface area contributed by atoms with Crippen LogP contribution in [0.25, 0.3) is 16.8 Å². The van der Waals surface area contributed by atoms with E-state index < -0.39 is 17.6 Å². The lowest BCUT2D eigenvalue weighted by Gasteiger charge is -2.34. The minimum absolute atomic E-state index is 0.0225. The Morgan fingerprint density at radius 3 is 2.39 bits per heavy atom. The van der Waals surface area contributed by atoms with E-state index in [4.69, 9.17) is 0 Å². The van der Waals surface area contributed by atoms with Crippen LogP contribution in [0.1, 0.15) is 46.8 Å². The lowest BCUT2D eigenvalue weighted by molar-refractivity contribution is -0.138. The highest BCUT2D eigenvalue weighted by Crippen LogP contribution is 2.35. The molecule has 2 aliphatic rings. The Bertz CT molecular complexity index is 1700. The van der Waals surface area contributed by atoms with Crippen LogP contribution in [0.3, 0.4) is 0 Å². The smallest absolute Gasteiger partial charge is 0.322 e. The number of piperazine rings is 1. The zero-order valence-electron chi connectivity index (χ0n) is 24.7. The number of aryl methyl sites for hydroxylation is 1. The topological polar surface area (TPSA) is 82.0 Å². The van der Waals surface area contributed by atoms with Crippen molar-refractivity contribution in [3.8, 4) is 11.1 Å². The zero-order chi connectivity index (χ0) is 31.0. The van der Waals surface area contributed by atoms with Gasteiger partial charge in [-0.05, 0) is 85.0 Å². The molecule has 2 amide bonds. The van der Waals surface area contributed by atoms with E-state index >= 15 is 0 Å². The standard InChI is InChI=1S/C33H35F3N6O2/c1-3-40-12-14-41(15-13-40)18-25-8-10-26(17-28(25)33(34,35)36)37-32(44)23-5-4-21(2)27(16-23)24-9-11-30-38-29(20-42(30)19-24)39-31(43)22-6-7-22/h4-5,8-11,16-17,19-20,22H,3,6-7,12-15,18H2,1-2H3,(H,37,44)(H,39,43). The van der Waals surface area contributed by atoms with Gasteiger partial charge in [-0.2, -0.15) is 13.2 Å². The molecule has 44 heavy (non-hydrogen) atoms. The van der Waals surface area contributed by atoms with Crippen LogP contribution in [-0.4, -0.2) is 63.7 Å². The lowest BCUT2D eigenvalue weighted by atomic mass is 9.99. The van der Waals surface area contributed by atoms with Crippen molar-refractivity contribution in [1.82, 2.24) is 19.2 Å². The van der Waals surface area contributed by atoms with Gasteiger partial charge in [0.2, 0.25) is 5.91 Å². The quantitative estimate of drug-likeness (QED) is 0.255. The molecule has 0 unspecified atom stereocenters. The summed E-state index contributed by atoms with van der Waals surface area (Å²) in [5.74, 6) is 0.0196. The number of anilines is 2. The van der Waals surface area contributed by atoms with Gasteiger partial charge in [-0.1, -0.05) is 19.1 Å². The van der Waals surface area contributed by atoms with E-state index in [1.54, 1.807) is 18.3 Å². The van der Waals surface area contributed by atoms with Gasteiger partial charge in [-0.3, -0.25) is 14.5 Å². The number of carbonyl (C=O) groups excluding carboxylic acids is 2. The molecule has 4 aromatic rings. The van der Waals surface area contributed by atoms with Crippen LogP contribution in [0, 0.1) is 12.8 Å². The molecule has 0 radical (unpaired) electrons. The summed E-state index contributed by atoms with van der Waals surface area (Å²) in [6, 6.07) is 12.9. The molecule has 0 bridgehead atoms. The molecule has 230 valence electrons. The van der Waals surface area contributed by atoms with Crippen molar-refractivity contribution >= 4 is 29.0 Å². The molecule has 1 saturated carbocycles. The predicted octanol–water partition coefficient (Wildman–Crippen LogP) is 6.07. The zero-order valence-corrected chi connectivity index (χ0v) is 24.7. The van der Waals surface area contributed by atoms with E-state index in [-0.39, 0.29) is 29.6 Å². The number of fused-ring (bicyclic) bond motifs is 1. The van der Waals surface area contributed by atoms with Gasteiger partial charge in [-0.15, -0.1) is 0 Å². The number of alkyl halides is 3. The van der Waals surface area contributed by atoms with E-state index in [0.717, 1.165) is 55.2 Å². The molecule has 2 N–H and O–H groups in total. The summed E-state index contributed by atoms with van der Waals surface area (Å²) in [5, 5.41) is 5.52. The first-order chi connectivity index (χ1) is 21.1. The summed E-state index contributed by atoms with van der Waals surface area (Å²) in [6.45, 7) is 8.23. The first-order valence-corrected chi connectivity index (χ1v) is 14.9. The van der Waals surface area contributed by atoms with E-state index in [0.29, 0.717) is 30.1 Å². The van der Waals surface area contributed by atoms with E-state index in [9.17, 15) is 22.8 Å². The fourth-order valence-corrected chi connectivity index (χ4v) is 5.62. The number of nitrogens with one attached hydrogen (secondary N) is 2. The fourth-order valence-electron chi connectivity index (χ4n) is 5.62. The number of amides is 2. The second-order valence-electron chi connectivity index (χ2n) is 11.6. The third-order valence-electron chi connectivity index (χ3n) is 8.44. The van der Waals surface area contributed by atoms with Crippen molar-refractivity contribution in [3.05, 3.63) is 83.2 Å². The second kappa shape index (κ2) is 12.0. The van der Waals surface area contributed by atoms with Crippen LogP contribution in [-0.2, 0) is 17.5 Å². The van der Waals surface area contributed by atoms with Gasteiger partial charge < -0.3 is 19.9 Å². The number of likely N-dealkylation sites (N-methyl/N-ethyl adjacent to an activating group) is 1. The summed E-state index contributed by atoms with van der Waals surface area (Å²) < 4.78 is 44.1. The molecule has 2 fully saturated rings. The van der Waals surface area contributed by atoms with E-state index in [2.05, 4.69) is 27.4 Å². The predicted molar refractivity (Wildman–Crippen MR) is 164 cm³/mol. The van der Waals surface area contributed by atoms with Crippen LogP contribution in [0.5, 0.6) is 0 Å². The van der Waals surface area contributed by atoms with Crippen molar-refractivity contribution < 1.29 is 22.8 Å². The monoisotopic (exact) mass is 604 g/mol. The molecule has 11 heteroatoms. The molecule has 0 atom stereocenters. The van der Waals surface area contributed by atoms with Crippen LogP contribution < -0.4 is 10.6 Å². The molecule has 1 saturated heterocycles. The number of aromatic nitrogens is 2. The Labute approximate surface area is 253 Å². The van der Waals surface area contributed by atoms with Crippen molar-refractivity contribution in [2.45, 2.75) is 39.4 Å². The Balaban J connectivity index is 1.19. The average molecular weight is 605 g/mol. The molecule has 8 nitrogen and oxygen atoms in total. The van der Waals surface area contributed by atoms with Crippen LogP contribution in [0.15, 0.2) is 60.9 Å². The SMILES string of the molecule is CCN1CCN(Cc2ccc(NC(=O)c3ccc(C)c(-c4ccc5nc(NC(=O)C6CC6)cn5c4)c3)cc2C(F)(F)F)CC1. The Morgan fingerprint density at radius 1 is 0.932 bits per heavy atom. The highest BCUT2D eigenvalue weighted by molar-refractivity contribution is 6.05. The lowest BCUT2D eigenvalue weighted by Crippen LogP contribution is -2.45. The molecule has 6 rings (SSSR count). The number of nitrogens with zero attached hydrogens (tertiary/aromatic N) is 4. The van der Waals surface area contributed by atoms with Crippen LogP contribution >= 0.6 is 0 Å². The highest BCUT2D eigenvalue weighted by Gasteiger charge is 2.34. The van der Waals surface area contributed by atoms with Gasteiger partial charge in [0, 0.05) is 56.1 Å². The molecular weight excluding hydrogens is 569 g/mol. The first kappa shape index (κ1) is 29.8. The third-order valence-corrected chi connectivity index (χ3v) is 8.44. The number of pyridine rings is 1. The van der Waals surface area contributed by atoms with Gasteiger partial charge in [0.25, 0.3) is 5.91 Å². The normalized spacial score (nSPS) is 16.3. The maximum absolute atomic E-state index is 14.1. The van der Waals surface area contributed by atoms with Crippen molar-refractivity contribution in [2.24, 2.45) is 5.92 Å². The fraction of sp³-hybridized carbons (Fsp3) is 0.364. The van der Waals surface area contributed by atoms with Gasteiger partial charge in [0.1, 0.15) is 5.65 Å². The number of hydrogen-bond acceptors (Lipinski definition) is 5. The largest absolute Gasteiger partial charge is 0.416 e. The number of hydrogen-bond donors (Lipinski definition) is 2. The molecule has 0 spiro atoms. The van der Waals surface area contributed by atoms with Crippen molar-refractivity contribution in [2.75, 3.05) is 43.4 Å². The van der Waals surface area contributed by atoms with E-state index in [1.165, 1.54) is 12.1 Å². The Morgan fingerprint density at radius 2 is 1.68 bits per heavy atom. The minimum atomic E-state index is -4.55. The van der Waals surface area contributed by atoms with Crippen molar-refractivity contribution in [1.29, 1.82) is 0 Å². The third kappa shape index (κ3) is 6.63. The molecule has 1 aliphatic heterocycles. The molecular formula is C33H35F3N6O2. The number of benzene rings is 2. The van der Waals surface area contributed by atoms with Crippen molar-refractivity contribution in [3.63, 3.8) is 0 Å². The summed E-state index contributed by atoms with van der Waals surface area (Å²) in [5.41, 5.74) is 3.08. The Kier molecular flexibility index (Phi) is 8.17. The average Bonchev–Trinajstić information content (AvgIpc) is 3.78. The number of imidazole rings is 1. The van der Waals surface area contributed by atoms with Crippen LogP contribution in [0.2, 0.25) is 0 Å².